The van der Waals surface area contributed by atoms with Crippen molar-refractivity contribution >= 4 is 46.9 Å². The van der Waals surface area contributed by atoms with Gasteiger partial charge >= 0.3 is 5.97 Å². The fourth-order valence-corrected chi connectivity index (χ4v) is 6.37. The summed E-state index contributed by atoms with van der Waals surface area (Å²) < 4.78 is 19.4. The van der Waals surface area contributed by atoms with Gasteiger partial charge in [0.15, 0.2) is 11.5 Å². The van der Waals surface area contributed by atoms with Gasteiger partial charge in [-0.05, 0) is 47.9 Å². The van der Waals surface area contributed by atoms with Crippen LogP contribution in [0.25, 0.3) is 0 Å². The molecule has 0 amide bonds. The number of fused-ring (bicyclic) bond motifs is 1. The first-order valence-electron chi connectivity index (χ1n) is 14.5. The predicted molar refractivity (Wildman–Crippen MR) is 181 cm³/mol. The van der Waals surface area contributed by atoms with Crippen LogP contribution in [0.5, 0.6) is 11.5 Å². The summed E-state index contributed by atoms with van der Waals surface area (Å²) in [6, 6.07) is 29.6. The second kappa shape index (κ2) is 14.3. The molecular weight excluding hydrogens is 643 g/mol. The molecule has 1 unspecified atom stereocenters. The van der Waals surface area contributed by atoms with E-state index in [0.717, 1.165) is 22.3 Å². The number of hydrogen-bond acceptors (Lipinski definition) is 8. The first-order valence-corrected chi connectivity index (χ1v) is 16.2. The third kappa shape index (κ3) is 7.02. The molecule has 0 radical (unpaired) electrons. The molecule has 0 saturated heterocycles. The van der Waals surface area contributed by atoms with E-state index in [1.807, 2.05) is 104 Å². The molecule has 0 saturated carbocycles. The number of hydrogen-bond donors (Lipinski definition) is 1. The third-order valence-electron chi connectivity index (χ3n) is 7.42. The zero-order valence-electron chi connectivity index (χ0n) is 25.1. The molecule has 46 heavy (non-hydrogen) atoms. The van der Waals surface area contributed by atoms with E-state index in [-0.39, 0.29) is 13.2 Å². The summed E-state index contributed by atoms with van der Waals surface area (Å²) in [5.41, 5.74) is 4.47. The smallest absolute Gasteiger partial charge is 0.338 e. The van der Waals surface area contributed by atoms with Crippen LogP contribution in [0.4, 0.5) is 5.95 Å². The van der Waals surface area contributed by atoms with Crippen LogP contribution in [0.3, 0.4) is 0 Å². The van der Waals surface area contributed by atoms with Crippen LogP contribution in [-0.4, -0.2) is 27.8 Å². The predicted octanol–water partition coefficient (Wildman–Crippen LogP) is 8.50. The second-order valence-corrected chi connectivity index (χ2v) is 12.2. The van der Waals surface area contributed by atoms with Crippen LogP contribution in [0.15, 0.2) is 113 Å². The van der Waals surface area contributed by atoms with Gasteiger partial charge in [0.2, 0.25) is 11.1 Å². The molecule has 0 spiro atoms. The third-order valence-corrected chi connectivity index (χ3v) is 9.05. The fourth-order valence-electron chi connectivity index (χ4n) is 5.07. The molecule has 1 aromatic heterocycles. The van der Waals surface area contributed by atoms with E-state index in [2.05, 4.69) is 5.32 Å². The molecule has 234 valence electrons. The number of halogens is 2. The quantitative estimate of drug-likeness (QED) is 0.110. The van der Waals surface area contributed by atoms with Gasteiger partial charge < -0.3 is 19.5 Å². The Hall–Kier alpha value is -4.44. The number of carbonyl (C=O) groups is 1. The number of allylic oxidation sites excluding steroid dienone is 1. The monoisotopic (exact) mass is 672 g/mol. The SMILES string of the molecule is COc1cc(C2C(C(=O)OCc3ccccc3)=C(C)Nc3nc(SCc4ccccc4Cl)nn32)ccc1OCc1ccccc1Cl. The number of nitrogens with zero attached hydrogens (tertiary/aromatic N) is 3. The van der Waals surface area contributed by atoms with Crippen molar-refractivity contribution < 1.29 is 19.0 Å². The highest BCUT2D eigenvalue weighted by molar-refractivity contribution is 7.98. The summed E-state index contributed by atoms with van der Waals surface area (Å²) in [5.74, 6) is 1.64. The van der Waals surface area contributed by atoms with E-state index in [1.165, 1.54) is 11.8 Å². The molecule has 0 bridgehead atoms. The van der Waals surface area contributed by atoms with Gasteiger partial charge in [-0.3, -0.25) is 0 Å². The van der Waals surface area contributed by atoms with Gasteiger partial charge in [0.1, 0.15) is 19.3 Å². The minimum absolute atomic E-state index is 0.129. The molecule has 1 aliphatic rings. The summed E-state index contributed by atoms with van der Waals surface area (Å²) >= 11 is 14.2. The first kappa shape index (κ1) is 31.5. The Morgan fingerprint density at radius 3 is 2.30 bits per heavy atom. The van der Waals surface area contributed by atoms with Crippen LogP contribution in [0.2, 0.25) is 10.0 Å². The minimum atomic E-state index is -0.659. The van der Waals surface area contributed by atoms with Crippen molar-refractivity contribution in [2.45, 2.75) is 37.1 Å². The van der Waals surface area contributed by atoms with Crippen molar-refractivity contribution in [2.24, 2.45) is 0 Å². The molecular formula is C35H30Cl2N4O4S. The number of esters is 1. The van der Waals surface area contributed by atoms with Gasteiger partial charge in [-0.25, -0.2) is 9.48 Å². The van der Waals surface area contributed by atoms with Crippen LogP contribution in [-0.2, 0) is 28.5 Å². The summed E-state index contributed by atoms with van der Waals surface area (Å²) in [5, 5.41) is 9.93. The van der Waals surface area contributed by atoms with Crippen LogP contribution >= 0.6 is 35.0 Å². The Morgan fingerprint density at radius 1 is 0.891 bits per heavy atom. The van der Waals surface area contributed by atoms with Crippen molar-refractivity contribution in [1.29, 1.82) is 0 Å². The Morgan fingerprint density at radius 2 is 1.59 bits per heavy atom. The fraction of sp³-hybridized carbons (Fsp3) is 0.171. The number of aromatic nitrogens is 3. The van der Waals surface area contributed by atoms with E-state index in [4.69, 9.17) is 47.5 Å². The molecule has 1 aliphatic heterocycles. The standard InChI is InChI=1S/C35H30Cl2N4O4S/c1-22-31(33(42)45-19-23-10-4-3-5-11-23)32(41-34(38-22)39-35(40-41)46-21-26-13-7-9-15-28(26)37)24-16-17-29(30(18-24)43-2)44-20-25-12-6-8-14-27(25)36/h3-18,32H,19-21H2,1-2H3,(H,38,39,40). The van der Waals surface area contributed by atoms with E-state index in [9.17, 15) is 4.79 Å². The number of thioether (sulfide) groups is 1. The van der Waals surface area contributed by atoms with E-state index in [0.29, 0.717) is 49.7 Å². The lowest BCUT2D eigenvalue weighted by molar-refractivity contribution is -0.140. The molecule has 8 nitrogen and oxygen atoms in total. The van der Waals surface area contributed by atoms with Gasteiger partial charge in [-0.2, -0.15) is 4.98 Å². The van der Waals surface area contributed by atoms with Gasteiger partial charge in [0.25, 0.3) is 0 Å². The molecule has 2 heterocycles. The van der Waals surface area contributed by atoms with Gasteiger partial charge in [-0.15, -0.1) is 5.10 Å². The maximum Gasteiger partial charge on any atom is 0.338 e. The number of carbonyl (C=O) groups excluding carboxylic acids is 1. The van der Waals surface area contributed by atoms with Crippen molar-refractivity contribution in [2.75, 3.05) is 12.4 Å². The highest BCUT2D eigenvalue weighted by Gasteiger charge is 2.36. The topological polar surface area (TPSA) is 87.5 Å². The maximum absolute atomic E-state index is 13.8. The summed E-state index contributed by atoms with van der Waals surface area (Å²) in [7, 11) is 1.57. The van der Waals surface area contributed by atoms with Gasteiger partial charge in [0.05, 0.1) is 12.7 Å². The summed E-state index contributed by atoms with van der Waals surface area (Å²) in [6.07, 6.45) is 0. The molecule has 11 heteroatoms. The highest BCUT2D eigenvalue weighted by Crippen LogP contribution is 2.40. The molecule has 1 atom stereocenters. The highest BCUT2D eigenvalue weighted by atomic mass is 35.5. The van der Waals surface area contributed by atoms with Gasteiger partial charge in [0, 0.05) is 27.1 Å². The van der Waals surface area contributed by atoms with Gasteiger partial charge in [-0.1, -0.05) is 108 Å². The molecule has 6 rings (SSSR count). The van der Waals surface area contributed by atoms with E-state index < -0.39 is 12.0 Å². The molecule has 4 aromatic carbocycles. The Labute approximate surface area is 281 Å². The molecule has 1 N–H and O–H groups in total. The van der Waals surface area contributed by atoms with E-state index in [1.54, 1.807) is 11.8 Å². The first-order chi connectivity index (χ1) is 22.4. The van der Waals surface area contributed by atoms with Crippen molar-refractivity contribution in [3.8, 4) is 11.5 Å². The lowest BCUT2D eigenvalue weighted by Gasteiger charge is -2.28. The van der Waals surface area contributed by atoms with Crippen molar-refractivity contribution in [3.05, 3.63) is 141 Å². The number of anilines is 1. The van der Waals surface area contributed by atoms with Crippen LogP contribution in [0.1, 0.15) is 35.2 Å². The van der Waals surface area contributed by atoms with Crippen molar-refractivity contribution in [1.82, 2.24) is 14.8 Å². The van der Waals surface area contributed by atoms with Crippen LogP contribution < -0.4 is 14.8 Å². The Balaban J connectivity index is 1.32. The molecule has 0 fully saturated rings. The largest absolute Gasteiger partial charge is 0.493 e. The molecule has 0 aliphatic carbocycles. The van der Waals surface area contributed by atoms with Crippen LogP contribution in [0, 0.1) is 0 Å². The number of benzene rings is 4. The van der Waals surface area contributed by atoms with E-state index >= 15 is 0 Å². The normalized spacial score (nSPS) is 14.0. The maximum atomic E-state index is 13.8. The average molecular weight is 674 g/mol. The Bertz CT molecular complexity index is 1900. The minimum Gasteiger partial charge on any atom is -0.493 e. The number of methoxy groups -OCH3 is 1. The average Bonchev–Trinajstić information content (AvgIpc) is 3.48. The van der Waals surface area contributed by atoms with Crippen molar-refractivity contribution in [3.63, 3.8) is 0 Å². The lowest BCUT2D eigenvalue weighted by Crippen LogP contribution is -2.29. The summed E-state index contributed by atoms with van der Waals surface area (Å²) in [6.45, 7) is 2.22. The second-order valence-electron chi connectivity index (χ2n) is 10.5. The number of ether oxygens (including phenoxy) is 3. The zero-order chi connectivity index (χ0) is 32.0. The summed E-state index contributed by atoms with van der Waals surface area (Å²) in [4.78, 5) is 18.5. The molecule has 5 aromatic rings. The Kier molecular flexibility index (Phi) is 9.82. The lowest BCUT2D eigenvalue weighted by atomic mass is 9.95. The zero-order valence-corrected chi connectivity index (χ0v) is 27.4. The number of rotatable bonds is 11. The number of nitrogens with one attached hydrogen (secondary N) is 1.